The van der Waals surface area contributed by atoms with E-state index in [4.69, 9.17) is 14.0 Å². The molecule has 1 aliphatic heterocycles. The van der Waals surface area contributed by atoms with Crippen molar-refractivity contribution in [1.82, 2.24) is 5.16 Å². The number of fused-ring (bicyclic) bond motifs is 2. The molecule has 2 heterocycles. The summed E-state index contributed by atoms with van der Waals surface area (Å²) in [7, 11) is 1.53. The largest absolute Gasteiger partial charge is 0.496 e. The number of benzene rings is 1. The van der Waals surface area contributed by atoms with E-state index in [0.717, 1.165) is 0 Å². The molecule has 6 heteroatoms. The van der Waals surface area contributed by atoms with Crippen molar-refractivity contribution in [2.75, 3.05) is 20.3 Å². The van der Waals surface area contributed by atoms with Gasteiger partial charge in [-0.3, -0.25) is 4.79 Å². The number of aliphatic hydroxyl groups is 1. The van der Waals surface area contributed by atoms with E-state index in [9.17, 15) is 9.90 Å². The minimum atomic E-state index is -1.74. The van der Waals surface area contributed by atoms with Gasteiger partial charge in [-0.05, 0) is 6.07 Å². The second kappa shape index (κ2) is 4.16. The summed E-state index contributed by atoms with van der Waals surface area (Å²) in [6.07, 6.45) is 0.475. The van der Waals surface area contributed by atoms with E-state index >= 15 is 0 Å². The smallest absolute Gasteiger partial charge is 0.202 e. The number of aromatic nitrogens is 1. The van der Waals surface area contributed by atoms with Gasteiger partial charge in [0.1, 0.15) is 17.2 Å². The first-order valence-corrected chi connectivity index (χ1v) is 6.68. The van der Waals surface area contributed by atoms with Gasteiger partial charge in [-0.15, -0.1) is 0 Å². The highest BCUT2D eigenvalue weighted by Gasteiger charge is 2.51. The van der Waals surface area contributed by atoms with Gasteiger partial charge in [-0.2, -0.15) is 0 Å². The van der Waals surface area contributed by atoms with Gasteiger partial charge in [0.05, 0.1) is 31.5 Å². The van der Waals surface area contributed by atoms with Gasteiger partial charge < -0.3 is 19.1 Å². The highest BCUT2D eigenvalue weighted by molar-refractivity contribution is 6.12. The lowest BCUT2D eigenvalue weighted by Gasteiger charge is -2.30. The van der Waals surface area contributed by atoms with Crippen molar-refractivity contribution in [3.05, 3.63) is 35.1 Å². The Kier molecular flexibility index (Phi) is 2.49. The van der Waals surface area contributed by atoms with Crippen molar-refractivity contribution in [3.63, 3.8) is 0 Å². The van der Waals surface area contributed by atoms with Crippen molar-refractivity contribution in [3.8, 4) is 17.0 Å². The maximum Gasteiger partial charge on any atom is 0.202 e. The maximum absolute atomic E-state index is 12.8. The number of hydrogen-bond acceptors (Lipinski definition) is 6. The van der Waals surface area contributed by atoms with Crippen LogP contribution in [0.25, 0.3) is 11.3 Å². The number of Topliss-reactive ketones (excluding diaryl/α,β-unsaturated/α-hetero) is 1. The number of ether oxygens (including phenoxy) is 2. The molecule has 0 fully saturated rings. The van der Waals surface area contributed by atoms with Gasteiger partial charge >= 0.3 is 0 Å². The predicted octanol–water partition coefficient (Wildman–Crippen LogP) is 1.31. The van der Waals surface area contributed by atoms with E-state index in [2.05, 4.69) is 5.16 Å². The molecule has 0 unspecified atom stereocenters. The Hall–Kier alpha value is -2.18. The maximum atomic E-state index is 12.8. The summed E-state index contributed by atoms with van der Waals surface area (Å²) < 4.78 is 16.1. The number of carbonyl (C=O) groups is 1. The average molecular weight is 287 g/mol. The molecule has 1 N–H and O–H groups in total. The molecule has 0 saturated heterocycles. The fourth-order valence-electron chi connectivity index (χ4n) is 3.09. The highest BCUT2D eigenvalue weighted by Crippen LogP contribution is 2.47. The molecule has 2 aromatic rings. The van der Waals surface area contributed by atoms with Crippen LogP contribution in [0.5, 0.6) is 5.75 Å². The Balaban J connectivity index is 2.09. The lowest BCUT2D eigenvalue weighted by atomic mass is 9.77. The topological polar surface area (TPSA) is 81.8 Å². The van der Waals surface area contributed by atoms with Crippen LogP contribution in [0.1, 0.15) is 21.7 Å². The van der Waals surface area contributed by atoms with Crippen LogP contribution in [0.3, 0.4) is 0 Å². The molecule has 2 aliphatic rings. The number of methoxy groups -OCH3 is 1. The van der Waals surface area contributed by atoms with Crippen molar-refractivity contribution in [1.29, 1.82) is 0 Å². The van der Waals surface area contributed by atoms with Crippen LogP contribution in [0, 0.1) is 0 Å². The number of carbonyl (C=O) groups excluding carboxylic acids is 1. The molecule has 108 valence electrons. The average Bonchev–Trinajstić information content (AvgIpc) is 2.85. The first-order valence-electron chi connectivity index (χ1n) is 6.68. The molecule has 0 amide bonds. The molecule has 0 bridgehead atoms. The normalized spacial score (nSPS) is 23.2. The van der Waals surface area contributed by atoms with E-state index in [-0.39, 0.29) is 6.61 Å². The molecular formula is C15H13NO5. The third-order valence-electron chi connectivity index (χ3n) is 4.06. The van der Waals surface area contributed by atoms with Crippen LogP contribution >= 0.6 is 0 Å². The van der Waals surface area contributed by atoms with E-state index in [1.165, 1.54) is 7.11 Å². The minimum absolute atomic E-state index is 0.0936. The van der Waals surface area contributed by atoms with E-state index in [0.29, 0.717) is 46.9 Å². The summed E-state index contributed by atoms with van der Waals surface area (Å²) in [4.78, 5) is 12.8. The molecule has 1 aromatic carbocycles. The lowest BCUT2D eigenvalue weighted by molar-refractivity contribution is -0.0258. The fourth-order valence-corrected chi connectivity index (χ4v) is 3.09. The van der Waals surface area contributed by atoms with Crippen LogP contribution in [-0.4, -0.2) is 36.4 Å². The zero-order valence-corrected chi connectivity index (χ0v) is 11.4. The SMILES string of the molecule is COc1cccc2c1-c1noc3c1[C@@](O)(COCC3)C2=O. The van der Waals surface area contributed by atoms with Crippen molar-refractivity contribution in [2.45, 2.75) is 12.0 Å². The summed E-state index contributed by atoms with van der Waals surface area (Å²) in [6.45, 7) is 0.286. The van der Waals surface area contributed by atoms with E-state index in [1.807, 2.05) is 0 Å². The predicted molar refractivity (Wildman–Crippen MR) is 71.2 cm³/mol. The lowest BCUT2D eigenvalue weighted by Crippen LogP contribution is -2.42. The Morgan fingerprint density at radius 1 is 1.43 bits per heavy atom. The molecular weight excluding hydrogens is 274 g/mol. The summed E-state index contributed by atoms with van der Waals surface area (Å²) in [5.74, 6) is 0.620. The third-order valence-corrected chi connectivity index (χ3v) is 4.06. The van der Waals surface area contributed by atoms with Crippen LogP contribution in [-0.2, 0) is 16.8 Å². The summed E-state index contributed by atoms with van der Waals surface area (Å²) >= 11 is 0. The van der Waals surface area contributed by atoms with Gasteiger partial charge in [-0.1, -0.05) is 17.3 Å². The Morgan fingerprint density at radius 3 is 3.10 bits per heavy atom. The molecule has 6 nitrogen and oxygen atoms in total. The zero-order chi connectivity index (χ0) is 14.6. The highest BCUT2D eigenvalue weighted by atomic mass is 16.5. The minimum Gasteiger partial charge on any atom is -0.496 e. The van der Waals surface area contributed by atoms with Gasteiger partial charge in [0, 0.05) is 12.0 Å². The number of hydrogen-bond donors (Lipinski definition) is 1. The Labute approximate surface area is 120 Å². The standard InChI is InChI=1S/C15H13NO5/c1-19-9-4-2-3-8-11(9)13-12-10(21-16-13)5-6-20-7-15(12,18)14(8)17/h2-4,18H,5-7H2,1H3/t15-/m0/s1. The van der Waals surface area contributed by atoms with Gasteiger partial charge in [0.15, 0.2) is 5.60 Å². The molecule has 0 saturated carbocycles. The summed E-state index contributed by atoms with van der Waals surface area (Å²) in [5, 5.41) is 15.0. The summed E-state index contributed by atoms with van der Waals surface area (Å²) in [5.41, 5.74) is 0.0869. The second-order valence-electron chi connectivity index (χ2n) is 5.20. The molecule has 1 aromatic heterocycles. The summed E-state index contributed by atoms with van der Waals surface area (Å²) in [6, 6.07) is 5.12. The first kappa shape index (κ1) is 12.6. The number of ketones is 1. The van der Waals surface area contributed by atoms with Crippen molar-refractivity contribution in [2.24, 2.45) is 0 Å². The van der Waals surface area contributed by atoms with Gasteiger partial charge in [0.25, 0.3) is 0 Å². The number of rotatable bonds is 1. The van der Waals surface area contributed by atoms with Crippen LogP contribution in [0.2, 0.25) is 0 Å². The van der Waals surface area contributed by atoms with Gasteiger partial charge in [-0.25, -0.2) is 0 Å². The molecule has 21 heavy (non-hydrogen) atoms. The van der Waals surface area contributed by atoms with Gasteiger partial charge in [0.2, 0.25) is 5.78 Å². The molecule has 1 atom stereocenters. The Bertz CT molecular complexity index is 751. The number of nitrogens with zero attached hydrogens (tertiary/aromatic N) is 1. The van der Waals surface area contributed by atoms with Crippen molar-refractivity contribution < 1.29 is 23.9 Å². The van der Waals surface area contributed by atoms with E-state index < -0.39 is 11.4 Å². The van der Waals surface area contributed by atoms with Crippen LogP contribution < -0.4 is 4.74 Å². The second-order valence-corrected chi connectivity index (χ2v) is 5.20. The molecule has 1 aliphatic carbocycles. The monoisotopic (exact) mass is 287 g/mol. The van der Waals surface area contributed by atoms with E-state index in [1.54, 1.807) is 18.2 Å². The molecule has 0 radical (unpaired) electrons. The quantitative estimate of drug-likeness (QED) is 0.851. The fraction of sp³-hybridized carbons (Fsp3) is 0.333. The van der Waals surface area contributed by atoms with Crippen molar-refractivity contribution >= 4 is 5.78 Å². The molecule has 4 rings (SSSR count). The van der Waals surface area contributed by atoms with Crippen LogP contribution in [0.15, 0.2) is 22.7 Å². The zero-order valence-electron chi connectivity index (χ0n) is 11.4. The van der Waals surface area contributed by atoms with Crippen LogP contribution in [0.4, 0.5) is 0 Å². The first-order chi connectivity index (χ1) is 10.2. The molecule has 0 spiro atoms. The Morgan fingerprint density at radius 2 is 2.29 bits per heavy atom. The third kappa shape index (κ3) is 1.48.